The molecular formula is C17H11F3N2O3S. The molecule has 0 aliphatic carbocycles. The lowest BCUT2D eigenvalue weighted by Crippen LogP contribution is -2.30. The lowest BCUT2D eigenvalue weighted by atomic mass is 10.1. The lowest BCUT2D eigenvalue weighted by Gasteiger charge is -2.13. The van der Waals surface area contributed by atoms with Crippen LogP contribution in [-0.2, 0) is 21.0 Å². The molecule has 0 spiro atoms. The molecule has 2 rings (SSSR count). The molecule has 0 saturated heterocycles. The summed E-state index contributed by atoms with van der Waals surface area (Å²) in [6.45, 7) is 0. The molecule has 134 valence electrons. The van der Waals surface area contributed by atoms with E-state index in [1.807, 2.05) is 0 Å². The van der Waals surface area contributed by atoms with Gasteiger partial charge in [0, 0.05) is 6.08 Å². The van der Waals surface area contributed by atoms with Crippen molar-refractivity contribution in [2.75, 3.05) is 0 Å². The molecule has 0 aromatic heterocycles. The minimum absolute atomic E-state index is 0.355. The molecule has 5 nitrogen and oxygen atoms in total. The second kappa shape index (κ2) is 7.41. The first-order valence-electron chi connectivity index (χ1n) is 7.05. The van der Waals surface area contributed by atoms with Crippen LogP contribution in [-0.4, -0.2) is 14.3 Å². The third-order valence-electron chi connectivity index (χ3n) is 3.17. The van der Waals surface area contributed by atoms with Crippen molar-refractivity contribution in [1.29, 1.82) is 5.26 Å². The number of alkyl halides is 3. The monoisotopic (exact) mass is 380 g/mol. The van der Waals surface area contributed by atoms with Gasteiger partial charge in [-0.3, -0.25) is 4.79 Å². The number of amides is 1. The first-order chi connectivity index (χ1) is 12.1. The van der Waals surface area contributed by atoms with Gasteiger partial charge in [0.1, 0.15) is 0 Å². The van der Waals surface area contributed by atoms with Crippen molar-refractivity contribution in [2.45, 2.75) is 11.1 Å². The molecule has 2 aromatic carbocycles. The van der Waals surface area contributed by atoms with Crippen LogP contribution in [0.5, 0.6) is 0 Å². The largest absolute Gasteiger partial charge is 0.417 e. The van der Waals surface area contributed by atoms with Crippen LogP contribution in [0.3, 0.4) is 0 Å². The molecule has 0 aliphatic heterocycles. The Morgan fingerprint density at radius 2 is 1.77 bits per heavy atom. The molecule has 0 bridgehead atoms. The molecule has 0 heterocycles. The van der Waals surface area contributed by atoms with Gasteiger partial charge in [-0.25, -0.2) is 13.1 Å². The third-order valence-corrected chi connectivity index (χ3v) is 4.57. The van der Waals surface area contributed by atoms with Gasteiger partial charge in [0.25, 0.3) is 15.9 Å². The number of carbonyl (C=O) groups is 1. The van der Waals surface area contributed by atoms with E-state index in [1.165, 1.54) is 12.1 Å². The molecule has 1 amide bonds. The van der Waals surface area contributed by atoms with Gasteiger partial charge in [0.2, 0.25) is 0 Å². The zero-order valence-corrected chi connectivity index (χ0v) is 13.8. The number of benzene rings is 2. The van der Waals surface area contributed by atoms with Gasteiger partial charge in [0.05, 0.1) is 22.1 Å². The van der Waals surface area contributed by atoms with Gasteiger partial charge in [-0.1, -0.05) is 30.3 Å². The Balaban J connectivity index is 2.32. The number of rotatable bonds is 4. The second-order valence-corrected chi connectivity index (χ2v) is 6.69. The van der Waals surface area contributed by atoms with Crippen LogP contribution in [0, 0.1) is 11.3 Å². The normalized spacial score (nSPS) is 11.9. The Morgan fingerprint density at radius 3 is 2.35 bits per heavy atom. The number of halogens is 3. The Kier molecular flexibility index (Phi) is 5.47. The van der Waals surface area contributed by atoms with Gasteiger partial charge in [-0.05, 0) is 29.8 Å². The summed E-state index contributed by atoms with van der Waals surface area (Å²) in [5.41, 5.74) is -1.27. The van der Waals surface area contributed by atoms with Crippen molar-refractivity contribution in [3.8, 4) is 6.07 Å². The zero-order chi connectivity index (χ0) is 19.4. The minimum atomic E-state index is -5.01. The zero-order valence-electron chi connectivity index (χ0n) is 13.0. The highest BCUT2D eigenvalue weighted by Gasteiger charge is 2.37. The van der Waals surface area contributed by atoms with E-state index in [9.17, 15) is 26.4 Å². The van der Waals surface area contributed by atoms with Crippen LogP contribution < -0.4 is 4.72 Å². The number of carbonyl (C=O) groups excluding carboxylic acids is 1. The lowest BCUT2D eigenvalue weighted by molar-refractivity contribution is -0.140. The predicted molar refractivity (Wildman–Crippen MR) is 87.0 cm³/mol. The molecule has 0 fully saturated rings. The Labute approximate surface area is 147 Å². The number of hydrogen-bond acceptors (Lipinski definition) is 4. The molecule has 2 aromatic rings. The average Bonchev–Trinajstić information content (AvgIpc) is 2.59. The van der Waals surface area contributed by atoms with E-state index >= 15 is 0 Å². The maximum Gasteiger partial charge on any atom is 0.417 e. The maximum absolute atomic E-state index is 13.1. The molecular weight excluding hydrogens is 369 g/mol. The molecule has 1 N–H and O–H groups in total. The van der Waals surface area contributed by atoms with E-state index < -0.39 is 32.6 Å². The van der Waals surface area contributed by atoms with Crippen LogP contribution in [0.4, 0.5) is 13.2 Å². The average molecular weight is 380 g/mol. The van der Waals surface area contributed by atoms with Crippen molar-refractivity contribution in [3.63, 3.8) is 0 Å². The quantitative estimate of drug-likeness (QED) is 0.826. The Bertz CT molecular complexity index is 992. The Morgan fingerprint density at radius 1 is 1.12 bits per heavy atom. The van der Waals surface area contributed by atoms with Crippen LogP contribution in [0.15, 0.2) is 59.5 Å². The molecule has 26 heavy (non-hydrogen) atoms. The highest BCUT2D eigenvalue weighted by Crippen LogP contribution is 2.34. The van der Waals surface area contributed by atoms with Crippen LogP contribution in [0.1, 0.15) is 16.7 Å². The molecule has 0 atom stereocenters. The fraction of sp³-hybridized carbons (Fsp3) is 0.0588. The molecule has 9 heteroatoms. The van der Waals surface area contributed by atoms with Crippen LogP contribution >= 0.6 is 0 Å². The minimum Gasteiger partial charge on any atom is -0.269 e. The van der Waals surface area contributed by atoms with E-state index in [2.05, 4.69) is 0 Å². The van der Waals surface area contributed by atoms with Gasteiger partial charge in [-0.2, -0.15) is 18.4 Å². The topological polar surface area (TPSA) is 87.0 Å². The summed E-state index contributed by atoms with van der Waals surface area (Å²) in [5.74, 6) is -1.11. The summed E-state index contributed by atoms with van der Waals surface area (Å²) in [5, 5.41) is 8.70. The molecule has 0 unspecified atom stereocenters. The number of hydrogen-bond donors (Lipinski definition) is 1. The molecule has 0 saturated carbocycles. The van der Waals surface area contributed by atoms with Crippen molar-refractivity contribution >= 4 is 22.0 Å². The van der Waals surface area contributed by atoms with Crippen molar-refractivity contribution in [3.05, 3.63) is 71.3 Å². The predicted octanol–water partition coefficient (Wildman–Crippen LogP) is 3.10. The van der Waals surface area contributed by atoms with Crippen molar-refractivity contribution in [2.24, 2.45) is 0 Å². The smallest absolute Gasteiger partial charge is 0.269 e. The summed E-state index contributed by atoms with van der Waals surface area (Å²) in [6.07, 6.45) is -2.81. The second-order valence-electron chi connectivity index (χ2n) is 5.03. The standard InChI is InChI=1S/C17H11F3N2O3S/c18-17(19,20)14-10-13(11-21)6-8-15(14)26(24,25)22-16(23)9-7-12-4-2-1-3-5-12/h1-10H,(H,22,23)/b9-7+. The fourth-order valence-electron chi connectivity index (χ4n) is 2.01. The van der Waals surface area contributed by atoms with Gasteiger partial charge < -0.3 is 0 Å². The highest BCUT2D eigenvalue weighted by molar-refractivity contribution is 7.90. The first kappa shape index (κ1) is 19.2. The summed E-state index contributed by atoms with van der Waals surface area (Å²) < 4.78 is 65.2. The maximum atomic E-state index is 13.1. The number of sulfonamides is 1. The fourth-order valence-corrected chi connectivity index (χ4v) is 3.17. The third kappa shape index (κ3) is 4.70. The number of nitriles is 1. The van der Waals surface area contributed by atoms with Crippen molar-refractivity contribution in [1.82, 2.24) is 4.72 Å². The van der Waals surface area contributed by atoms with Crippen LogP contribution in [0.25, 0.3) is 6.08 Å². The number of nitrogens with zero attached hydrogens (tertiary/aromatic N) is 1. The van der Waals surface area contributed by atoms with E-state index in [-0.39, 0.29) is 5.56 Å². The Hall–Kier alpha value is -3.12. The van der Waals surface area contributed by atoms with E-state index in [4.69, 9.17) is 5.26 Å². The SMILES string of the molecule is N#Cc1ccc(S(=O)(=O)NC(=O)/C=C/c2ccccc2)c(C(F)(F)F)c1. The number of nitrogens with one attached hydrogen (secondary N) is 1. The van der Waals surface area contributed by atoms with Gasteiger partial charge in [0.15, 0.2) is 0 Å². The van der Waals surface area contributed by atoms with E-state index in [1.54, 1.807) is 35.1 Å². The summed E-state index contributed by atoms with van der Waals surface area (Å²) in [7, 11) is -4.78. The highest BCUT2D eigenvalue weighted by atomic mass is 32.2. The van der Waals surface area contributed by atoms with E-state index in [0.717, 1.165) is 12.1 Å². The first-order valence-corrected chi connectivity index (χ1v) is 8.53. The van der Waals surface area contributed by atoms with Crippen molar-refractivity contribution < 1.29 is 26.4 Å². The van der Waals surface area contributed by atoms with Crippen LogP contribution in [0.2, 0.25) is 0 Å². The molecule has 0 aliphatic rings. The van der Waals surface area contributed by atoms with E-state index in [0.29, 0.717) is 17.7 Å². The molecule has 0 radical (unpaired) electrons. The van der Waals surface area contributed by atoms with Gasteiger partial charge >= 0.3 is 6.18 Å². The summed E-state index contributed by atoms with van der Waals surface area (Å²) >= 11 is 0. The summed E-state index contributed by atoms with van der Waals surface area (Å²) in [4.78, 5) is 10.6. The summed E-state index contributed by atoms with van der Waals surface area (Å²) in [6, 6.07) is 11.9. The van der Waals surface area contributed by atoms with Gasteiger partial charge in [-0.15, -0.1) is 0 Å².